The third-order valence-corrected chi connectivity index (χ3v) is 6.00. The normalized spacial score (nSPS) is 11.1. The van der Waals surface area contributed by atoms with E-state index >= 15 is 0 Å². The summed E-state index contributed by atoms with van der Waals surface area (Å²) >= 11 is 0. The van der Waals surface area contributed by atoms with Gasteiger partial charge in [-0.1, -0.05) is 142 Å². The van der Waals surface area contributed by atoms with Crippen LogP contribution in [0.15, 0.2) is 0 Å². The van der Waals surface area contributed by atoms with E-state index in [-0.39, 0.29) is 6.42 Å². The summed E-state index contributed by atoms with van der Waals surface area (Å²) in [5.74, 6) is -1.92. The van der Waals surface area contributed by atoms with Crippen LogP contribution in [-0.4, -0.2) is 16.9 Å². The van der Waals surface area contributed by atoms with Crippen LogP contribution in [0, 0.1) is 0 Å². The Bertz CT molecular complexity index is 365. The molecule has 0 amide bonds. The number of carboxylic acid groups (broad SMARTS) is 1. The zero-order chi connectivity index (χ0) is 21.4. The molecule has 3 heteroatoms. The van der Waals surface area contributed by atoms with Crippen molar-refractivity contribution in [2.45, 2.75) is 155 Å². The van der Waals surface area contributed by atoms with Crippen LogP contribution in [-0.2, 0) is 9.59 Å². The van der Waals surface area contributed by atoms with E-state index < -0.39 is 11.8 Å². The molecule has 3 nitrogen and oxygen atoms in total. The van der Waals surface area contributed by atoms with Crippen LogP contribution in [0.5, 0.6) is 0 Å². The molecule has 0 aromatic heterocycles. The van der Waals surface area contributed by atoms with Gasteiger partial charge < -0.3 is 5.11 Å². The van der Waals surface area contributed by atoms with Crippen LogP contribution in [0.2, 0.25) is 0 Å². The Morgan fingerprint density at radius 3 is 0.931 bits per heavy atom. The van der Waals surface area contributed by atoms with Crippen LogP contribution in [0.3, 0.4) is 0 Å². The van der Waals surface area contributed by atoms with E-state index in [1.165, 1.54) is 122 Å². The maximum Gasteiger partial charge on any atom is 0.372 e. The first-order chi connectivity index (χ1) is 14.2. The van der Waals surface area contributed by atoms with Gasteiger partial charge in [0.1, 0.15) is 0 Å². The molecule has 0 radical (unpaired) electrons. The highest BCUT2D eigenvalue weighted by Gasteiger charge is 2.09. The predicted molar refractivity (Wildman–Crippen MR) is 125 cm³/mol. The molecule has 0 aliphatic heterocycles. The van der Waals surface area contributed by atoms with Crippen molar-refractivity contribution in [3.8, 4) is 0 Å². The zero-order valence-electron chi connectivity index (χ0n) is 19.5. The predicted octanol–water partition coefficient (Wildman–Crippen LogP) is 8.63. The second-order valence-electron chi connectivity index (χ2n) is 8.90. The maximum absolute atomic E-state index is 11.0. The van der Waals surface area contributed by atoms with Crippen molar-refractivity contribution < 1.29 is 14.7 Å². The standard InChI is InChI=1S/C26H50O3/c1-2-3-4-5-6-7-8-9-10-11-12-13-14-15-16-17-18-19-20-21-22-23-24-25(27)26(28)29/h2-24H2,1H3,(H,28,29). The minimum absolute atomic E-state index is 0.203. The van der Waals surface area contributed by atoms with Gasteiger partial charge in [0.2, 0.25) is 5.78 Å². The molecule has 0 aromatic rings. The molecule has 0 unspecified atom stereocenters. The number of carbonyl (C=O) groups excluding carboxylic acids is 1. The SMILES string of the molecule is CCCCCCCCCCCCCCCCCCCCCCCCC(=O)C(=O)O. The summed E-state index contributed by atoms with van der Waals surface area (Å²) in [7, 11) is 0. The van der Waals surface area contributed by atoms with Gasteiger partial charge in [-0.3, -0.25) is 4.79 Å². The van der Waals surface area contributed by atoms with E-state index in [9.17, 15) is 9.59 Å². The minimum atomic E-state index is -1.28. The third kappa shape index (κ3) is 23.3. The lowest BCUT2D eigenvalue weighted by Gasteiger charge is -2.04. The van der Waals surface area contributed by atoms with Crippen molar-refractivity contribution in [1.29, 1.82) is 0 Å². The van der Waals surface area contributed by atoms with Gasteiger partial charge in [-0.05, 0) is 6.42 Å². The van der Waals surface area contributed by atoms with Crippen LogP contribution in [0.1, 0.15) is 155 Å². The number of rotatable bonds is 24. The fraction of sp³-hybridized carbons (Fsp3) is 0.923. The van der Waals surface area contributed by atoms with Crippen LogP contribution in [0.25, 0.3) is 0 Å². The third-order valence-electron chi connectivity index (χ3n) is 6.00. The van der Waals surface area contributed by atoms with Gasteiger partial charge in [0, 0.05) is 6.42 Å². The van der Waals surface area contributed by atoms with Gasteiger partial charge in [-0.15, -0.1) is 0 Å². The summed E-state index contributed by atoms with van der Waals surface area (Å²) in [5.41, 5.74) is 0. The molecular weight excluding hydrogens is 360 g/mol. The molecule has 0 aromatic carbocycles. The second kappa shape index (κ2) is 23.4. The molecule has 0 bridgehead atoms. The highest BCUT2D eigenvalue weighted by atomic mass is 16.4. The van der Waals surface area contributed by atoms with Gasteiger partial charge in [-0.25, -0.2) is 4.79 Å². The fourth-order valence-electron chi connectivity index (χ4n) is 4.00. The molecule has 0 saturated heterocycles. The fourth-order valence-corrected chi connectivity index (χ4v) is 4.00. The molecular formula is C26H50O3. The van der Waals surface area contributed by atoms with Gasteiger partial charge in [0.25, 0.3) is 0 Å². The first-order valence-corrected chi connectivity index (χ1v) is 12.9. The van der Waals surface area contributed by atoms with E-state index in [0.29, 0.717) is 0 Å². The van der Waals surface area contributed by atoms with E-state index in [4.69, 9.17) is 5.11 Å². The Morgan fingerprint density at radius 2 is 0.690 bits per heavy atom. The molecule has 0 rings (SSSR count). The van der Waals surface area contributed by atoms with Crippen LogP contribution < -0.4 is 0 Å². The molecule has 29 heavy (non-hydrogen) atoms. The number of aliphatic carboxylic acids is 1. The number of carbonyl (C=O) groups is 2. The Labute approximate surface area is 181 Å². The average molecular weight is 411 g/mol. The lowest BCUT2D eigenvalue weighted by atomic mass is 10.0. The topological polar surface area (TPSA) is 54.4 Å². The number of hydrogen-bond donors (Lipinski definition) is 1. The smallest absolute Gasteiger partial charge is 0.372 e. The zero-order valence-corrected chi connectivity index (χ0v) is 19.5. The number of hydrogen-bond acceptors (Lipinski definition) is 2. The molecule has 0 heterocycles. The highest BCUT2D eigenvalue weighted by molar-refractivity contribution is 6.32. The van der Waals surface area contributed by atoms with Crippen molar-refractivity contribution in [2.75, 3.05) is 0 Å². The quantitative estimate of drug-likeness (QED) is 0.128. The minimum Gasteiger partial charge on any atom is -0.476 e. The summed E-state index contributed by atoms with van der Waals surface area (Å²) in [4.78, 5) is 21.3. The number of ketones is 1. The summed E-state index contributed by atoms with van der Waals surface area (Å²) in [6.45, 7) is 2.28. The molecule has 0 atom stereocenters. The monoisotopic (exact) mass is 410 g/mol. The van der Waals surface area contributed by atoms with Gasteiger partial charge in [0.15, 0.2) is 0 Å². The number of Topliss-reactive ketones (excluding diaryl/α,β-unsaturated/α-hetero) is 1. The average Bonchev–Trinajstić information content (AvgIpc) is 2.71. The van der Waals surface area contributed by atoms with E-state index in [2.05, 4.69) is 6.92 Å². The van der Waals surface area contributed by atoms with Gasteiger partial charge >= 0.3 is 5.97 Å². The molecule has 0 saturated carbocycles. The summed E-state index contributed by atoms with van der Waals surface area (Å²) in [6.07, 6.45) is 29.6. The second-order valence-corrected chi connectivity index (χ2v) is 8.90. The van der Waals surface area contributed by atoms with Crippen molar-refractivity contribution in [1.82, 2.24) is 0 Å². The van der Waals surface area contributed by atoms with E-state index in [1.54, 1.807) is 0 Å². The summed E-state index contributed by atoms with van der Waals surface area (Å²) < 4.78 is 0. The van der Waals surface area contributed by atoms with Gasteiger partial charge in [-0.2, -0.15) is 0 Å². The summed E-state index contributed by atoms with van der Waals surface area (Å²) in [6, 6.07) is 0. The summed E-state index contributed by atoms with van der Waals surface area (Å²) in [5, 5.41) is 8.50. The van der Waals surface area contributed by atoms with Crippen molar-refractivity contribution in [2.24, 2.45) is 0 Å². The lowest BCUT2D eigenvalue weighted by molar-refractivity contribution is -0.149. The van der Waals surface area contributed by atoms with Crippen LogP contribution >= 0.6 is 0 Å². The first kappa shape index (κ1) is 28.1. The van der Waals surface area contributed by atoms with Gasteiger partial charge in [0.05, 0.1) is 0 Å². The Balaban J connectivity index is 3.05. The van der Waals surface area contributed by atoms with Crippen molar-refractivity contribution in [3.63, 3.8) is 0 Å². The van der Waals surface area contributed by atoms with E-state index in [1.807, 2.05) is 0 Å². The lowest BCUT2D eigenvalue weighted by Crippen LogP contribution is -2.11. The molecule has 172 valence electrons. The molecule has 1 N–H and O–H groups in total. The Hall–Kier alpha value is -0.860. The Morgan fingerprint density at radius 1 is 0.448 bits per heavy atom. The van der Waals surface area contributed by atoms with Crippen LogP contribution in [0.4, 0.5) is 0 Å². The molecule has 0 aliphatic carbocycles. The number of carboxylic acids is 1. The molecule has 0 fully saturated rings. The maximum atomic E-state index is 11.0. The van der Waals surface area contributed by atoms with Crippen molar-refractivity contribution >= 4 is 11.8 Å². The number of unbranched alkanes of at least 4 members (excludes halogenated alkanes) is 21. The largest absolute Gasteiger partial charge is 0.476 e. The highest BCUT2D eigenvalue weighted by Crippen LogP contribution is 2.15. The Kier molecular flexibility index (Phi) is 22.7. The van der Waals surface area contributed by atoms with Crippen molar-refractivity contribution in [3.05, 3.63) is 0 Å². The molecule has 0 spiro atoms. The first-order valence-electron chi connectivity index (χ1n) is 12.9. The van der Waals surface area contributed by atoms with E-state index in [0.717, 1.165) is 19.3 Å². The molecule has 0 aliphatic rings.